The van der Waals surface area contributed by atoms with Gasteiger partial charge in [-0.3, -0.25) is 0 Å². The largest absolute Gasteiger partial charge is 0.475 e. The summed E-state index contributed by atoms with van der Waals surface area (Å²) in [6.45, 7) is 6.24. The number of anilines is 1. The van der Waals surface area contributed by atoms with Crippen molar-refractivity contribution < 1.29 is 4.74 Å². The molecule has 3 rings (SSSR count). The van der Waals surface area contributed by atoms with Crippen LogP contribution in [0.5, 0.6) is 5.88 Å². The van der Waals surface area contributed by atoms with Crippen molar-refractivity contribution in [2.24, 2.45) is 0 Å². The summed E-state index contributed by atoms with van der Waals surface area (Å²) in [6, 6.07) is 2.95. The summed E-state index contributed by atoms with van der Waals surface area (Å²) in [5.41, 5.74) is 0. The minimum absolute atomic E-state index is 0.140. The maximum absolute atomic E-state index is 5.71. The monoisotopic (exact) mass is 290 g/mol. The van der Waals surface area contributed by atoms with Gasteiger partial charge in [0.05, 0.1) is 6.10 Å². The smallest absolute Gasteiger partial charge is 0.228 e. The standard InChI is InChI=1S/C16H26N4O/c1-12(2)21-15-8-10-18-16(19-15)20-11-4-3-7-14(20)13-6-5-9-17-13/h8,10,12-14,17H,3-7,9,11H2,1-2H3. The van der Waals surface area contributed by atoms with E-state index in [1.54, 1.807) is 0 Å². The van der Waals surface area contributed by atoms with Crippen LogP contribution < -0.4 is 15.0 Å². The Kier molecular flexibility index (Phi) is 4.58. The van der Waals surface area contributed by atoms with Crippen LogP contribution in [0.15, 0.2) is 12.3 Å². The van der Waals surface area contributed by atoms with Crippen LogP contribution in [0.1, 0.15) is 46.0 Å². The average Bonchev–Trinajstić information content (AvgIpc) is 3.01. The van der Waals surface area contributed by atoms with Crippen molar-refractivity contribution >= 4 is 5.95 Å². The highest BCUT2D eigenvalue weighted by Gasteiger charge is 2.33. The molecule has 0 radical (unpaired) electrons. The third-order valence-electron chi connectivity index (χ3n) is 4.34. The van der Waals surface area contributed by atoms with E-state index in [0.29, 0.717) is 18.0 Å². The van der Waals surface area contributed by atoms with Crippen molar-refractivity contribution in [1.29, 1.82) is 0 Å². The number of nitrogens with zero attached hydrogens (tertiary/aromatic N) is 3. The molecule has 2 saturated heterocycles. The Labute approximate surface area is 127 Å². The first-order valence-corrected chi connectivity index (χ1v) is 8.24. The second-order valence-corrected chi connectivity index (χ2v) is 6.32. The summed E-state index contributed by atoms with van der Waals surface area (Å²) < 4.78 is 5.71. The van der Waals surface area contributed by atoms with Crippen LogP contribution in [0, 0.1) is 0 Å². The minimum Gasteiger partial charge on any atom is -0.475 e. The molecule has 21 heavy (non-hydrogen) atoms. The molecule has 5 heteroatoms. The van der Waals surface area contributed by atoms with E-state index < -0.39 is 0 Å². The molecule has 0 amide bonds. The van der Waals surface area contributed by atoms with Gasteiger partial charge < -0.3 is 15.0 Å². The summed E-state index contributed by atoms with van der Waals surface area (Å²) in [6.07, 6.45) is 8.27. The molecule has 2 atom stereocenters. The summed E-state index contributed by atoms with van der Waals surface area (Å²) in [4.78, 5) is 11.5. The first-order valence-electron chi connectivity index (χ1n) is 8.24. The topological polar surface area (TPSA) is 50.3 Å². The van der Waals surface area contributed by atoms with Crippen LogP contribution in [0.25, 0.3) is 0 Å². The van der Waals surface area contributed by atoms with Crippen molar-refractivity contribution in [3.8, 4) is 5.88 Å². The Balaban J connectivity index is 1.79. The molecule has 3 heterocycles. The maximum Gasteiger partial charge on any atom is 0.228 e. The lowest BCUT2D eigenvalue weighted by molar-refractivity contribution is 0.232. The molecule has 0 aromatic carbocycles. The van der Waals surface area contributed by atoms with Crippen LogP contribution in [-0.4, -0.2) is 41.2 Å². The van der Waals surface area contributed by atoms with Gasteiger partial charge in [-0.2, -0.15) is 4.98 Å². The van der Waals surface area contributed by atoms with E-state index in [-0.39, 0.29) is 6.10 Å². The molecule has 1 aromatic heterocycles. The predicted molar refractivity (Wildman–Crippen MR) is 83.8 cm³/mol. The Hall–Kier alpha value is -1.36. The van der Waals surface area contributed by atoms with Crippen molar-refractivity contribution in [3.63, 3.8) is 0 Å². The van der Waals surface area contributed by atoms with Gasteiger partial charge in [-0.25, -0.2) is 4.98 Å². The second kappa shape index (κ2) is 6.60. The zero-order valence-electron chi connectivity index (χ0n) is 13.1. The van der Waals surface area contributed by atoms with E-state index >= 15 is 0 Å². The molecular weight excluding hydrogens is 264 g/mol. The van der Waals surface area contributed by atoms with Crippen LogP contribution in [-0.2, 0) is 0 Å². The first kappa shape index (κ1) is 14.6. The fourth-order valence-corrected chi connectivity index (χ4v) is 3.44. The van der Waals surface area contributed by atoms with Crippen molar-refractivity contribution in [3.05, 3.63) is 12.3 Å². The van der Waals surface area contributed by atoms with Gasteiger partial charge in [0, 0.05) is 30.9 Å². The average molecular weight is 290 g/mol. The zero-order valence-corrected chi connectivity index (χ0v) is 13.1. The third-order valence-corrected chi connectivity index (χ3v) is 4.34. The van der Waals surface area contributed by atoms with Gasteiger partial charge >= 0.3 is 0 Å². The highest BCUT2D eigenvalue weighted by atomic mass is 16.5. The van der Waals surface area contributed by atoms with E-state index in [9.17, 15) is 0 Å². The van der Waals surface area contributed by atoms with Crippen LogP contribution in [0.3, 0.4) is 0 Å². The lowest BCUT2D eigenvalue weighted by atomic mass is 9.95. The molecule has 2 aliphatic heterocycles. The number of rotatable bonds is 4. The molecule has 2 aliphatic rings. The SMILES string of the molecule is CC(C)Oc1ccnc(N2CCCCC2C2CCCN2)n1. The normalized spacial score (nSPS) is 26.3. The first-order chi connectivity index (χ1) is 10.2. The summed E-state index contributed by atoms with van der Waals surface area (Å²) in [5.74, 6) is 1.50. The molecule has 0 spiro atoms. The summed E-state index contributed by atoms with van der Waals surface area (Å²) in [7, 11) is 0. The second-order valence-electron chi connectivity index (χ2n) is 6.32. The molecule has 0 saturated carbocycles. The number of nitrogens with one attached hydrogen (secondary N) is 1. The Morgan fingerprint density at radius 3 is 2.95 bits per heavy atom. The number of aromatic nitrogens is 2. The van der Waals surface area contributed by atoms with E-state index in [4.69, 9.17) is 4.74 Å². The zero-order chi connectivity index (χ0) is 14.7. The molecule has 0 bridgehead atoms. The molecule has 2 unspecified atom stereocenters. The fourth-order valence-electron chi connectivity index (χ4n) is 3.44. The lowest BCUT2D eigenvalue weighted by Gasteiger charge is -2.39. The van der Waals surface area contributed by atoms with E-state index in [1.165, 1.54) is 32.1 Å². The molecule has 0 aliphatic carbocycles. The summed E-state index contributed by atoms with van der Waals surface area (Å²) in [5, 5.41) is 3.64. The molecule has 116 valence electrons. The fraction of sp³-hybridized carbons (Fsp3) is 0.750. The number of ether oxygens (including phenoxy) is 1. The van der Waals surface area contributed by atoms with Gasteiger partial charge in [0.25, 0.3) is 0 Å². The van der Waals surface area contributed by atoms with Gasteiger partial charge in [0.2, 0.25) is 11.8 Å². The van der Waals surface area contributed by atoms with E-state index in [0.717, 1.165) is 19.0 Å². The van der Waals surface area contributed by atoms with E-state index in [2.05, 4.69) is 20.2 Å². The maximum atomic E-state index is 5.71. The molecule has 1 N–H and O–H groups in total. The third kappa shape index (κ3) is 3.46. The number of piperidine rings is 1. The molecule has 1 aromatic rings. The molecule has 5 nitrogen and oxygen atoms in total. The van der Waals surface area contributed by atoms with Crippen molar-refractivity contribution in [1.82, 2.24) is 15.3 Å². The molecular formula is C16H26N4O. The Morgan fingerprint density at radius 1 is 1.29 bits per heavy atom. The van der Waals surface area contributed by atoms with Crippen molar-refractivity contribution in [2.45, 2.75) is 64.1 Å². The van der Waals surface area contributed by atoms with Gasteiger partial charge in [0.15, 0.2) is 0 Å². The Morgan fingerprint density at radius 2 is 2.19 bits per heavy atom. The van der Waals surface area contributed by atoms with Crippen LogP contribution in [0.4, 0.5) is 5.95 Å². The predicted octanol–water partition coefficient (Wildman–Crippen LogP) is 2.37. The number of hydrogen-bond donors (Lipinski definition) is 1. The van der Waals surface area contributed by atoms with Crippen LogP contribution >= 0.6 is 0 Å². The summed E-state index contributed by atoms with van der Waals surface area (Å²) >= 11 is 0. The molecule has 2 fully saturated rings. The van der Waals surface area contributed by atoms with Gasteiger partial charge in [-0.05, 0) is 52.5 Å². The quantitative estimate of drug-likeness (QED) is 0.922. The van der Waals surface area contributed by atoms with Gasteiger partial charge in [-0.1, -0.05) is 0 Å². The highest BCUT2D eigenvalue weighted by Crippen LogP contribution is 2.28. The lowest BCUT2D eigenvalue weighted by Crippen LogP contribution is -2.51. The van der Waals surface area contributed by atoms with Gasteiger partial charge in [0.1, 0.15) is 0 Å². The van der Waals surface area contributed by atoms with Crippen molar-refractivity contribution in [2.75, 3.05) is 18.0 Å². The van der Waals surface area contributed by atoms with Crippen LogP contribution in [0.2, 0.25) is 0 Å². The number of hydrogen-bond acceptors (Lipinski definition) is 5. The van der Waals surface area contributed by atoms with Gasteiger partial charge in [-0.15, -0.1) is 0 Å². The Bertz CT molecular complexity index is 459. The van der Waals surface area contributed by atoms with E-state index in [1.807, 2.05) is 26.1 Å². The minimum atomic E-state index is 0.140. The highest BCUT2D eigenvalue weighted by molar-refractivity contribution is 5.35.